The van der Waals surface area contributed by atoms with Crippen molar-refractivity contribution in [3.8, 4) is 11.5 Å². The summed E-state index contributed by atoms with van der Waals surface area (Å²) in [4.78, 5) is 18.6. The molecule has 3 rings (SSSR count). The van der Waals surface area contributed by atoms with E-state index in [1.165, 1.54) is 17.6 Å². The van der Waals surface area contributed by atoms with Crippen LogP contribution in [0.5, 0.6) is 11.5 Å². The summed E-state index contributed by atoms with van der Waals surface area (Å²) in [6, 6.07) is 8.80. The van der Waals surface area contributed by atoms with Crippen LogP contribution in [-0.2, 0) is 6.54 Å². The summed E-state index contributed by atoms with van der Waals surface area (Å²) in [5, 5.41) is 2.41. The molecule has 6 nitrogen and oxygen atoms in total. The molecule has 1 aromatic carbocycles. The lowest BCUT2D eigenvalue weighted by Crippen LogP contribution is -2.30. The number of ether oxygens (including phenoxy) is 2. The Balaban J connectivity index is 1.94. The van der Waals surface area contributed by atoms with E-state index in [0.717, 1.165) is 5.56 Å². The van der Waals surface area contributed by atoms with Gasteiger partial charge in [-0.05, 0) is 24.3 Å². The van der Waals surface area contributed by atoms with Crippen molar-refractivity contribution in [2.24, 2.45) is 0 Å². The van der Waals surface area contributed by atoms with Crippen molar-refractivity contribution in [2.45, 2.75) is 6.54 Å². The van der Waals surface area contributed by atoms with Gasteiger partial charge in [-0.25, -0.2) is 4.98 Å². The first kappa shape index (κ1) is 16.1. The molecule has 3 aromatic rings. The molecular weight excluding hydrogens is 328 g/mol. The van der Waals surface area contributed by atoms with Gasteiger partial charge < -0.3 is 13.9 Å². The highest BCUT2D eigenvalue weighted by Crippen LogP contribution is 2.29. The maximum Gasteiger partial charge on any atom is 0.296 e. The first-order chi connectivity index (χ1) is 11.7. The smallest absolute Gasteiger partial charge is 0.296 e. The predicted molar refractivity (Wildman–Crippen MR) is 90.9 cm³/mol. The molecule has 0 N–H and O–H groups in total. The number of nitrogens with zero attached hydrogens (tertiary/aromatic N) is 2. The lowest BCUT2D eigenvalue weighted by molar-refractivity contribution is 0.0958. The second-order valence-electron chi connectivity index (χ2n) is 4.86. The molecule has 0 aliphatic rings. The Labute approximate surface area is 143 Å². The van der Waals surface area contributed by atoms with Crippen LogP contribution in [0, 0.1) is 0 Å². The fourth-order valence-corrected chi connectivity index (χ4v) is 2.90. The number of hydrogen-bond acceptors (Lipinski definition) is 6. The highest BCUT2D eigenvalue weighted by molar-refractivity contribution is 7.13. The monoisotopic (exact) mass is 344 g/mol. The number of rotatable bonds is 6. The van der Waals surface area contributed by atoms with Gasteiger partial charge in [-0.15, -0.1) is 11.3 Å². The number of amides is 1. The van der Waals surface area contributed by atoms with Gasteiger partial charge in [0.15, 0.2) is 10.9 Å². The largest absolute Gasteiger partial charge is 0.497 e. The van der Waals surface area contributed by atoms with Gasteiger partial charge in [-0.1, -0.05) is 0 Å². The quantitative estimate of drug-likeness (QED) is 0.683. The lowest BCUT2D eigenvalue weighted by atomic mass is 10.1. The van der Waals surface area contributed by atoms with E-state index in [0.29, 0.717) is 23.2 Å². The van der Waals surface area contributed by atoms with Gasteiger partial charge in [0.1, 0.15) is 11.5 Å². The molecule has 0 bridgehead atoms. The molecule has 2 heterocycles. The summed E-state index contributed by atoms with van der Waals surface area (Å²) in [5.74, 6) is 1.34. The third kappa shape index (κ3) is 3.26. The van der Waals surface area contributed by atoms with Crippen molar-refractivity contribution < 1.29 is 18.7 Å². The fourth-order valence-electron chi connectivity index (χ4n) is 2.26. The Hall–Kier alpha value is -2.80. The standard InChI is InChI=1S/C17H16N2O4S/c1-21-13-6-5-12(15(10-13)22-2)11-19(17-18-7-9-24-17)16(20)14-4-3-8-23-14/h3-10H,11H2,1-2H3. The predicted octanol–water partition coefficient (Wildman–Crippen LogP) is 3.60. The number of hydrogen-bond donors (Lipinski definition) is 0. The van der Waals surface area contributed by atoms with Gasteiger partial charge in [0.2, 0.25) is 0 Å². The van der Waals surface area contributed by atoms with Crippen molar-refractivity contribution >= 4 is 22.4 Å². The van der Waals surface area contributed by atoms with E-state index in [2.05, 4.69) is 4.98 Å². The SMILES string of the molecule is COc1ccc(CN(C(=O)c2ccco2)c2nccs2)c(OC)c1. The van der Waals surface area contributed by atoms with Crippen LogP contribution in [0.15, 0.2) is 52.6 Å². The first-order valence-corrected chi connectivity index (χ1v) is 8.06. The van der Waals surface area contributed by atoms with Gasteiger partial charge in [-0.2, -0.15) is 0 Å². The molecule has 0 radical (unpaired) electrons. The molecule has 0 spiro atoms. The van der Waals surface area contributed by atoms with E-state index in [1.54, 1.807) is 43.5 Å². The zero-order valence-electron chi connectivity index (χ0n) is 13.3. The highest BCUT2D eigenvalue weighted by Gasteiger charge is 2.23. The molecule has 0 saturated carbocycles. The summed E-state index contributed by atoms with van der Waals surface area (Å²) in [7, 11) is 3.18. The average Bonchev–Trinajstić information content (AvgIpc) is 3.32. The van der Waals surface area contributed by atoms with Crippen LogP contribution in [-0.4, -0.2) is 25.1 Å². The van der Waals surface area contributed by atoms with Gasteiger partial charge in [-0.3, -0.25) is 9.69 Å². The number of furan rings is 1. The molecule has 0 fully saturated rings. The number of carbonyl (C=O) groups excluding carboxylic acids is 1. The maximum absolute atomic E-state index is 12.8. The van der Waals surface area contributed by atoms with E-state index in [9.17, 15) is 4.79 Å². The zero-order valence-corrected chi connectivity index (χ0v) is 14.1. The number of benzene rings is 1. The van der Waals surface area contributed by atoms with Gasteiger partial charge >= 0.3 is 0 Å². The topological polar surface area (TPSA) is 64.8 Å². The number of anilines is 1. The molecule has 24 heavy (non-hydrogen) atoms. The molecule has 2 aromatic heterocycles. The van der Waals surface area contributed by atoms with Crippen molar-refractivity contribution in [3.63, 3.8) is 0 Å². The van der Waals surface area contributed by atoms with Crippen molar-refractivity contribution in [2.75, 3.05) is 19.1 Å². The van der Waals surface area contributed by atoms with E-state index < -0.39 is 0 Å². The van der Waals surface area contributed by atoms with Crippen LogP contribution in [0.1, 0.15) is 16.1 Å². The Morgan fingerprint density at radius 2 is 2.17 bits per heavy atom. The van der Waals surface area contributed by atoms with Gasteiger partial charge in [0.05, 0.1) is 27.0 Å². The van der Waals surface area contributed by atoms with E-state index >= 15 is 0 Å². The number of methoxy groups -OCH3 is 2. The molecule has 0 aliphatic carbocycles. The van der Waals surface area contributed by atoms with Gasteiger partial charge in [0.25, 0.3) is 5.91 Å². The van der Waals surface area contributed by atoms with Crippen molar-refractivity contribution in [3.05, 3.63) is 59.5 Å². The normalized spacial score (nSPS) is 10.4. The lowest BCUT2D eigenvalue weighted by Gasteiger charge is -2.20. The molecule has 1 amide bonds. The second-order valence-corrected chi connectivity index (χ2v) is 5.73. The Morgan fingerprint density at radius 3 is 2.79 bits per heavy atom. The van der Waals surface area contributed by atoms with E-state index in [-0.39, 0.29) is 11.7 Å². The summed E-state index contributed by atoms with van der Waals surface area (Å²) in [5.41, 5.74) is 0.841. The van der Waals surface area contributed by atoms with Crippen LogP contribution in [0.3, 0.4) is 0 Å². The molecule has 124 valence electrons. The minimum absolute atomic E-state index is 0.257. The van der Waals surface area contributed by atoms with Crippen LogP contribution >= 0.6 is 11.3 Å². The average molecular weight is 344 g/mol. The molecular formula is C17H16N2O4S. The van der Waals surface area contributed by atoms with Gasteiger partial charge in [0, 0.05) is 23.2 Å². The van der Waals surface area contributed by atoms with Crippen molar-refractivity contribution in [1.82, 2.24) is 4.98 Å². The first-order valence-electron chi connectivity index (χ1n) is 7.18. The Bertz CT molecular complexity index is 800. The Morgan fingerprint density at radius 1 is 1.29 bits per heavy atom. The van der Waals surface area contributed by atoms with Crippen LogP contribution in [0.25, 0.3) is 0 Å². The third-order valence-electron chi connectivity index (χ3n) is 3.45. The van der Waals surface area contributed by atoms with E-state index in [4.69, 9.17) is 13.9 Å². The molecule has 0 saturated heterocycles. The van der Waals surface area contributed by atoms with Crippen molar-refractivity contribution in [1.29, 1.82) is 0 Å². The van der Waals surface area contributed by atoms with Crippen LogP contribution in [0.2, 0.25) is 0 Å². The summed E-state index contributed by atoms with van der Waals surface area (Å²) in [6.07, 6.45) is 3.13. The fraction of sp³-hybridized carbons (Fsp3) is 0.176. The Kier molecular flexibility index (Phi) is 4.81. The third-order valence-corrected chi connectivity index (χ3v) is 4.24. The summed E-state index contributed by atoms with van der Waals surface area (Å²) >= 11 is 1.38. The minimum atomic E-state index is -0.257. The maximum atomic E-state index is 12.8. The highest BCUT2D eigenvalue weighted by atomic mass is 32.1. The number of thiazole rings is 1. The summed E-state index contributed by atoms with van der Waals surface area (Å²) in [6.45, 7) is 0.306. The number of carbonyl (C=O) groups is 1. The zero-order chi connectivity index (χ0) is 16.9. The molecule has 0 atom stereocenters. The molecule has 0 unspecified atom stereocenters. The molecule has 0 aliphatic heterocycles. The number of aromatic nitrogens is 1. The van der Waals surface area contributed by atoms with Crippen LogP contribution < -0.4 is 14.4 Å². The minimum Gasteiger partial charge on any atom is -0.497 e. The molecule has 7 heteroatoms. The summed E-state index contributed by atoms with van der Waals surface area (Å²) < 4.78 is 15.9. The van der Waals surface area contributed by atoms with Crippen LogP contribution in [0.4, 0.5) is 5.13 Å². The second kappa shape index (κ2) is 7.18. The van der Waals surface area contributed by atoms with E-state index in [1.807, 2.05) is 17.5 Å².